The average molecular weight is 477 g/mol. The molecule has 2 aromatic carbocycles. The fourth-order valence-corrected chi connectivity index (χ4v) is 5.43. The van der Waals surface area contributed by atoms with E-state index in [-0.39, 0.29) is 17.9 Å². The summed E-state index contributed by atoms with van der Waals surface area (Å²) in [7, 11) is 0. The monoisotopic (exact) mass is 476 g/mol. The molecule has 3 atom stereocenters. The number of imide groups is 1. The highest BCUT2D eigenvalue weighted by Gasteiger charge is 2.59. The lowest BCUT2D eigenvalue weighted by Crippen LogP contribution is -2.37. The number of hydrogen-bond acceptors (Lipinski definition) is 4. The van der Waals surface area contributed by atoms with E-state index >= 15 is 0 Å². The van der Waals surface area contributed by atoms with E-state index in [1.807, 2.05) is 65.7 Å². The molecule has 0 radical (unpaired) electrons. The van der Waals surface area contributed by atoms with E-state index in [2.05, 4.69) is 6.92 Å². The number of likely N-dealkylation sites (tertiary alicyclic amines) is 1. The van der Waals surface area contributed by atoms with Crippen LogP contribution in [0.5, 0.6) is 0 Å². The number of unbranched alkanes of at least 4 members (excludes halogenated alkanes) is 9. The molecular weight excluding hydrogens is 436 g/mol. The Balaban J connectivity index is 1.32. The Bertz CT molecular complexity index is 933. The number of benzene rings is 2. The maximum Gasteiger partial charge on any atom is 0.261 e. The van der Waals surface area contributed by atoms with Gasteiger partial charge in [0.05, 0.1) is 12.0 Å². The molecule has 2 amide bonds. The van der Waals surface area contributed by atoms with Crippen molar-refractivity contribution in [3.05, 3.63) is 71.8 Å². The normalized spacial score (nSPS) is 22.2. The lowest BCUT2D eigenvalue weighted by atomic mass is 9.90. The third-order valence-corrected chi connectivity index (χ3v) is 7.34. The molecule has 2 heterocycles. The lowest BCUT2D eigenvalue weighted by Gasteiger charge is -2.27. The maximum absolute atomic E-state index is 13.5. The fourth-order valence-electron chi connectivity index (χ4n) is 5.43. The van der Waals surface area contributed by atoms with Crippen LogP contribution in [0, 0.1) is 5.92 Å². The number of hydroxylamine groups is 2. The summed E-state index contributed by atoms with van der Waals surface area (Å²) in [6.45, 7) is 3.29. The van der Waals surface area contributed by atoms with Gasteiger partial charge in [0, 0.05) is 13.1 Å². The van der Waals surface area contributed by atoms with Crippen molar-refractivity contribution in [2.45, 2.75) is 89.8 Å². The summed E-state index contributed by atoms with van der Waals surface area (Å²) in [6.07, 6.45) is 11.6. The summed E-state index contributed by atoms with van der Waals surface area (Å²) >= 11 is 0. The Morgan fingerprint density at radius 2 is 1.29 bits per heavy atom. The molecule has 0 aromatic heterocycles. The number of rotatable bonds is 14. The van der Waals surface area contributed by atoms with Crippen molar-refractivity contribution >= 4 is 11.8 Å². The van der Waals surface area contributed by atoms with Crippen LogP contribution in [0.4, 0.5) is 0 Å². The first-order chi connectivity index (χ1) is 17.2. The van der Waals surface area contributed by atoms with E-state index < -0.39 is 12.0 Å². The van der Waals surface area contributed by atoms with Gasteiger partial charge in [-0.3, -0.25) is 19.3 Å². The minimum Gasteiger partial charge on any atom is -0.284 e. The first kappa shape index (κ1) is 25.6. The van der Waals surface area contributed by atoms with E-state index in [1.165, 1.54) is 56.3 Å². The quantitative estimate of drug-likeness (QED) is 0.232. The topological polar surface area (TPSA) is 49.9 Å². The molecule has 2 aromatic rings. The van der Waals surface area contributed by atoms with Crippen LogP contribution < -0.4 is 0 Å². The Hall–Kier alpha value is -2.50. The van der Waals surface area contributed by atoms with E-state index in [0.717, 1.165) is 24.0 Å². The maximum atomic E-state index is 13.5. The summed E-state index contributed by atoms with van der Waals surface area (Å²) in [5, 5.41) is 1.84. The van der Waals surface area contributed by atoms with Crippen LogP contribution in [0.15, 0.2) is 60.7 Å². The van der Waals surface area contributed by atoms with E-state index in [9.17, 15) is 9.59 Å². The third kappa shape index (κ3) is 6.39. The van der Waals surface area contributed by atoms with Crippen molar-refractivity contribution in [1.29, 1.82) is 0 Å². The van der Waals surface area contributed by atoms with Crippen LogP contribution in [0.25, 0.3) is 0 Å². The molecule has 2 saturated heterocycles. The number of hydrogen-bond donors (Lipinski definition) is 0. The first-order valence-corrected chi connectivity index (χ1v) is 13.6. The molecule has 0 saturated carbocycles. The minimum atomic E-state index is -0.723. The van der Waals surface area contributed by atoms with Gasteiger partial charge in [0.25, 0.3) is 5.91 Å². The standard InChI is InChI=1S/C30H40N2O3/c1-2-3-4-5-6-7-8-9-10-17-22-31-29(33)26-27(25-20-15-12-16-21-25)32(35-28(26)30(31)34)23-24-18-13-11-14-19-24/h11-16,18-21,26-28H,2-10,17,22-23H2,1H3. The number of fused-ring (bicyclic) bond motifs is 1. The van der Waals surface area contributed by atoms with Crippen molar-refractivity contribution in [3.63, 3.8) is 0 Å². The molecule has 35 heavy (non-hydrogen) atoms. The van der Waals surface area contributed by atoms with E-state index in [4.69, 9.17) is 4.84 Å². The third-order valence-electron chi connectivity index (χ3n) is 7.34. The van der Waals surface area contributed by atoms with Gasteiger partial charge >= 0.3 is 0 Å². The van der Waals surface area contributed by atoms with E-state index in [1.54, 1.807) is 0 Å². The molecule has 0 aliphatic carbocycles. The predicted octanol–water partition coefficient (Wildman–Crippen LogP) is 6.45. The molecule has 5 nitrogen and oxygen atoms in total. The molecule has 3 unspecified atom stereocenters. The summed E-state index contributed by atoms with van der Waals surface area (Å²) in [4.78, 5) is 34.3. The van der Waals surface area contributed by atoms with E-state index in [0.29, 0.717) is 13.1 Å². The summed E-state index contributed by atoms with van der Waals surface area (Å²) in [5.74, 6) is -0.746. The molecular formula is C30H40N2O3. The van der Waals surface area contributed by atoms with Gasteiger partial charge < -0.3 is 0 Å². The first-order valence-electron chi connectivity index (χ1n) is 13.6. The predicted molar refractivity (Wildman–Crippen MR) is 138 cm³/mol. The van der Waals surface area contributed by atoms with Gasteiger partial charge in [0.15, 0.2) is 6.10 Å². The highest BCUT2D eigenvalue weighted by atomic mass is 16.7. The van der Waals surface area contributed by atoms with Gasteiger partial charge in [0.1, 0.15) is 0 Å². The Kier molecular flexibility index (Phi) is 9.50. The second kappa shape index (κ2) is 13.0. The SMILES string of the molecule is CCCCCCCCCCCCN1C(=O)C2ON(Cc3ccccc3)C(c3ccccc3)C2C1=O. The molecule has 2 aliphatic heterocycles. The second-order valence-corrected chi connectivity index (χ2v) is 9.98. The minimum absolute atomic E-state index is 0.0830. The smallest absolute Gasteiger partial charge is 0.261 e. The second-order valence-electron chi connectivity index (χ2n) is 9.98. The van der Waals surface area contributed by atoms with Crippen LogP contribution in [-0.4, -0.2) is 34.4 Å². The molecule has 2 aliphatic rings. The van der Waals surface area contributed by atoms with Gasteiger partial charge in [-0.2, -0.15) is 5.06 Å². The molecule has 0 bridgehead atoms. The van der Waals surface area contributed by atoms with Crippen molar-refractivity contribution in [2.75, 3.05) is 6.54 Å². The molecule has 4 rings (SSSR count). The Morgan fingerprint density at radius 1 is 0.714 bits per heavy atom. The Morgan fingerprint density at radius 3 is 1.91 bits per heavy atom. The molecule has 0 spiro atoms. The van der Waals surface area contributed by atoms with Crippen LogP contribution in [0.3, 0.4) is 0 Å². The zero-order valence-electron chi connectivity index (χ0n) is 21.1. The van der Waals surface area contributed by atoms with Crippen LogP contribution in [0.2, 0.25) is 0 Å². The average Bonchev–Trinajstić information content (AvgIpc) is 3.36. The number of carbonyl (C=O) groups is 2. The van der Waals surface area contributed by atoms with Crippen molar-refractivity contribution < 1.29 is 14.4 Å². The fraction of sp³-hybridized carbons (Fsp3) is 0.533. The van der Waals surface area contributed by atoms with Gasteiger partial charge in [-0.15, -0.1) is 0 Å². The highest BCUT2D eigenvalue weighted by Crippen LogP contribution is 2.45. The lowest BCUT2D eigenvalue weighted by molar-refractivity contribution is -0.184. The van der Waals surface area contributed by atoms with Crippen molar-refractivity contribution in [1.82, 2.24) is 9.96 Å². The molecule has 188 valence electrons. The number of carbonyl (C=O) groups excluding carboxylic acids is 2. The van der Waals surface area contributed by atoms with Gasteiger partial charge in [0.2, 0.25) is 5.91 Å². The Labute approximate surface area is 210 Å². The number of amides is 2. The molecule has 5 heteroatoms. The van der Waals surface area contributed by atoms with Crippen LogP contribution in [-0.2, 0) is 21.0 Å². The van der Waals surface area contributed by atoms with Gasteiger partial charge in [-0.25, -0.2) is 0 Å². The largest absolute Gasteiger partial charge is 0.284 e. The zero-order valence-corrected chi connectivity index (χ0v) is 21.1. The number of nitrogens with zero attached hydrogens (tertiary/aromatic N) is 2. The molecule has 0 N–H and O–H groups in total. The summed E-state index contributed by atoms with van der Waals surface area (Å²) in [5.41, 5.74) is 2.10. The molecule has 2 fully saturated rings. The van der Waals surface area contributed by atoms with Crippen molar-refractivity contribution in [3.8, 4) is 0 Å². The zero-order chi connectivity index (χ0) is 24.5. The summed E-state index contributed by atoms with van der Waals surface area (Å²) in [6, 6.07) is 19.8. The van der Waals surface area contributed by atoms with Gasteiger partial charge in [-0.1, -0.05) is 125 Å². The van der Waals surface area contributed by atoms with Crippen LogP contribution in [0.1, 0.15) is 88.3 Å². The highest BCUT2D eigenvalue weighted by molar-refractivity contribution is 6.07. The van der Waals surface area contributed by atoms with Crippen molar-refractivity contribution in [2.24, 2.45) is 5.92 Å². The summed E-state index contributed by atoms with van der Waals surface area (Å²) < 4.78 is 0. The van der Waals surface area contributed by atoms with Gasteiger partial charge in [-0.05, 0) is 17.5 Å². The van der Waals surface area contributed by atoms with Crippen LogP contribution >= 0.6 is 0 Å².